The van der Waals surface area contributed by atoms with E-state index in [1.54, 1.807) is 18.6 Å². The van der Waals surface area contributed by atoms with Crippen LogP contribution >= 0.6 is 0 Å². The van der Waals surface area contributed by atoms with Crippen LogP contribution in [-0.2, 0) is 6.54 Å². The van der Waals surface area contributed by atoms with Gasteiger partial charge >= 0.3 is 0 Å². The van der Waals surface area contributed by atoms with Gasteiger partial charge < -0.3 is 10.6 Å². The zero-order valence-corrected chi connectivity index (χ0v) is 11.5. The van der Waals surface area contributed by atoms with E-state index in [1.165, 1.54) is 0 Å². The van der Waals surface area contributed by atoms with Crippen LogP contribution in [0.15, 0.2) is 73.2 Å². The smallest absolute Gasteiger partial charge is 0.0777 e. The van der Waals surface area contributed by atoms with Crippen LogP contribution in [-0.4, -0.2) is 9.97 Å². The summed E-state index contributed by atoms with van der Waals surface area (Å²) in [6.45, 7) is 0.666. The molecule has 1 heterocycles. The number of para-hydroxylation sites is 1. The molecule has 0 aliphatic rings. The summed E-state index contributed by atoms with van der Waals surface area (Å²) in [6.07, 6.45) is 5.13. The minimum absolute atomic E-state index is 0.666. The number of hydrogen-bond donors (Lipinski definition) is 2. The van der Waals surface area contributed by atoms with Crippen LogP contribution in [0.3, 0.4) is 0 Å². The highest BCUT2D eigenvalue weighted by Crippen LogP contribution is 2.18. The normalized spacial score (nSPS) is 10.1. The Morgan fingerprint density at radius 2 is 1.48 bits per heavy atom. The average Bonchev–Trinajstić information content (AvgIpc) is 2.56. The maximum atomic E-state index is 4.23. The monoisotopic (exact) mass is 276 g/mol. The first-order valence-electron chi connectivity index (χ1n) is 6.81. The van der Waals surface area contributed by atoms with Crippen molar-refractivity contribution in [1.82, 2.24) is 9.97 Å². The molecule has 3 rings (SSSR count). The number of hydrogen-bond acceptors (Lipinski definition) is 4. The molecule has 0 saturated carbocycles. The van der Waals surface area contributed by atoms with E-state index in [0.717, 1.165) is 22.8 Å². The number of aromatic nitrogens is 2. The molecule has 21 heavy (non-hydrogen) atoms. The first-order chi connectivity index (χ1) is 10.4. The third-order valence-electron chi connectivity index (χ3n) is 3.04. The lowest BCUT2D eigenvalue weighted by molar-refractivity contribution is 1.01. The second-order valence-electron chi connectivity index (χ2n) is 4.62. The number of benzene rings is 2. The molecule has 0 spiro atoms. The second-order valence-corrected chi connectivity index (χ2v) is 4.62. The molecule has 2 N–H and O–H groups in total. The number of rotatable bonds is 5. The lowest BCUT2D eigenvalue weighted by Gasteiger charge is -2.09. The summed E-state index contributed by atoms with van der Waals surface area (Å²) in [5.41, 5.74) is 4.12. The van der Waals surface area contributed by atoms with Crippen molar-refractivity contribution in [1.29, 1.82) is 0 Å². The van der Waals surface area contributed by atoms with Crippen LogP contribution in [0, 0.1) is 0 Å². The van der Waals surface area contributed by atoms with Crippen LogP contribution in [0.25, 0.3) is 0 Å². The molecule has 104 valence electrons. The molecule has 2 aromatic carbocycles. The molecule has 3 aromatic rings. The Morgan fingerprint density at radius 3 is 2.19 bits per heavy atom. The van der Waals surface area contributed by atoms with E-state index in [4.69, 9.17) is 0 Å². The van der Waals surface area contributed by atoms with Crippen molar-refractivity contribution in [2.75, 3.05) is 10.6 Å². The third kappa shape index (κ3) is 3.79. The van der Waals surface area contributed by atoms with Gasteiger partial charge in [-0.15, -0.1) is 0 Å². The summed E-state index contributed by atoms with van der Waals surface area (Å²) < 4.78 is 0. The molecular weight excluding hydrogens is 260 g/mol. The van der Waals surface area contributed by atoms with Crippen LogP contribution in [0.5, 0.6) is 0 Å². The van der Waals surface area contributed by atoms with Gasteiger partial charge in [-0.1, -0.05) is 18.2 Å². The predicted molar refractivity (Wildman–Crippen MR) is 85.5 cm³/mol. The minimum Gasteiger partial charge on any atom is -0.379 e. The van der Waals surface area contributed by atoms with Crippen molar-refractivity contribution in [3.05, 3.63) is 78.9 Å². The zero-order valence-electron chi connectivity index (χ0n) is 11.5. The summed E-state index contributed by atoms with van der Waals surface area (Å²) in [5.74, 6) is 0. The second kappa shape index (κ2) is 6.52. The van der Waals surface area contributed by atoms with E-state index in [-0.39, 0.29) is 0 Å². The summed E-state index contributed by atoms with van der Waals surface area (Å²) in [7, 11) is 0. The first kappa shape index (κ1) is 13.1. The van der Waals surface area contributed by atoms with Gasteiger partial charge in [0.15, 0.2) is 0 Å². The maximum absolute atomic E-state index is 4.23. The van der Waals surface area contributed by atoms with Crippen molar-refractivity contribution in [2.45, 2.75) is 6.54 Å². The van der Waals surface area contributed by atoms with Crippen molar-refractivity contribution in [3.63, 3.8) is 0 Å². The summed E-state index contributed by atoms with van der Waals surface area (Å²) in [4.78, 5) is 8.28. The van der Waals surface area contributed by atoms with Crippen LogP contribution < -0.4 is 10.6 Å². The number of anilines is 3. The molecule has 0 atom stereocenters. The Balaban J connectivity index is 1.59. The van der Waals surface area contributed by atoms with Crippen molar-refractivity contribution >= 4 is 17.1 Å². The average molecular weight is 276 g/mol. The highest BCUT2D eigenvalue weighted by atomic mass is 14.9. The van der Waals surface area contributed by atoms with Gasteiger partial charge in [0.25, 0.3) is 0 Å². The van der Waals surface area contributed by atoms with E-state index < -0.39 is 0 Å². The lowest BCUT2D eigenvalue weighted by atomic mass is 10.2. The first-order valence-corrected chi connectivity index (χ1v) is 6.81. The quantitative estimate of drug-likeness (QED) is 0.743. The Hall–Kier alpha value is -2.88. The Kier molecular flexibility index (Phi) is 4.07. The molecule has 0 saturated heterocycles. The summed E-state index contributed by atoms with van der Waals surface area (Å²) in [6, 6.07) is 18.3. The van der Waals surface area contributed by atoms with E-state index >= 15 is 0 Å². The molecule has 0 unspecified atom stereocenters. The van der Waals surface area contributed by atoms with Gasteiger partial charge in [0.05, 0.1) is 18.4 Å². The molecule has 0 aliphatic heterocycles. The van der Waals surface area contributed by atoms with Crippen LogP contribution in [0.4, 0.5) is 17.1 Å². The predicted octanol–water partition coefficient (Wildman–Crippen LogP) is 3.83. The van der Waals surface area contributed by atoms with Gasteiger partial charge in [-0.25, -0.2) is 0 Å². The molecule has 0 radical (unpaired) electrons. The standard InChI is InChI=1S/C17H16N4/c1-2-4-15(5-3-1)21-16-8-6-14(7-9-16)20-13-17-12-18-10-11-19-17/h1-12,20-21H,13H2. The van der Waals surface area contributed by atoms with E-state index in [2.05, 4.69) is 20.6 Å². The summed E-state index contributed by atoms with van der Waals surface area (Å²) in [5, 5.41) is 6.68. The van der Waals surface area contributed by atoms with E-state index in [1.807, 2.05) is 54.6 Å². The number of nitrogens with zero attached hydrogens (tertiary/aromatic N) is 2. The molecule has 4 nitrogen and oxygen atoms in total. The molecule has 4 heteroatoms. The third-order valence-corrected chi connectivity index (χ3v) is 3.04. The van der Waals surface area contributed by atoms with Gasteiger partial charge in [-0.3, -0.25) is 9.97 Å². The van der Waals surface area contributed by atoms with Gasteiger partial charge in [0.1, 0.15) is 0 Å². The van der Waals surface area contributed by atoms with Gasteiger partial charge in [-0.05, 0) is 36.4 Å². The van der Waals surface area contributed by atoms with Crippen molar-refractivity contribution in [3.8, 4) is 0 Å². The van der Waals surface area contributed by atoms with Crippen LogP contribution in [0.1, 0.15) is 5.69 Å². The minimum atomic E-state index is 0.666. The van der Waals surface area contributed by atoms with Gasteiger partial charge in [-0.2, -0.15) is 0 Å². The maximum Gasteiger partial charge on any atom is 0.0777 e. The SMILES string of the molecule is c1ccc(Nc2ccc(NCc3cnccn3)cc2)cc1. The van der Waals surface area contributed by atoms with Crippen molar-refractivity contribution < 1.29 is 0 Å². The van der Waals surface area contributed by atoms with E-state index in [0.29, 0.717) is 6.54 Å². The fourth-order valence-corrected chi connectivity index (χ4v) is 1.97. The zero-order chi connectivity index (χ0) is 14.3. The fourth-order valence-electron chi connectivity index (χ4n) is 1.97. The molecule has 0 bridgehead atoms. The molecule has 1 aromatic heterocycles. The molecule has 0 amide bonds. The molecule has 0 fully saturated rings. The van der Waals surface area contributed by atoms with Crippen molar-refractivity contribution in [2.24, 2.45) is 0 Å². The topological polar surface area (TPSA) is 49.8 Å². The van der Waals surface area contributed by atoms with Crippen LogP contribution in [0.2, 0.25) is 0 Å². The molecule has 0 aliphatic carbocycles. The lowest BCUT2D eigenvalue weighted by Crippen LogP contribution is -2.01. The Morgan fingerprint density at radius 1 is 0.762 bits per heavy atom. The Bertz CT molecular complexity index is 666. The Labute approximate surface area is 123 Å². The van der Waals surface area contributed by atoms with Gasteiger partial charge in [0.2, 0.25) is 0 Å². The van der Waals surface area contributed by atoms with E-state index in [9.17, 15) is 0 Å². The highest BCUT2D eigenvalue weighted by Gasteiger charge is 1.97. The fraction of sp³-hybridized carbons (Fsp3) is 0.0588. The molecular formula is C17H16N4. The largest absolute Gasteiger partial charge is 0.379 e. The number of nitrogens with one attached hydrogen (secondary N) is 2. The highest BCUT2D eigenvalue weighted by molar-refractivity contribution is 5.62. The summed E-state index contributed by atoms with van der Waals surface area (Å²) >= 11 is 0. The van der Waals surface area contributed by atoms with Gasteiger partial charge in [0, 0.05) is 29.5 Å².